The molecule has 0 fully saturated rings. The lowest BCUT2D eigenvalue weighted by Gasteiger charge is -2.18. The molecule has 24 heavy (non-hydrogen) atoms. The van der Waals surface area contributed by atoms with Gasteiger partial charge in [-0.05, 0) is 24.3 Å². The summed E-state index contributed by atoms with van der Waals surface area (Å²) in [6.45, 7) is 4.93. The summed E-state index contributed by atoms with van der Waals surface area (Å²) in [7, 11) is 1.77. The Labute approximate surface area is 148 Å². The summed E-state index contributed by atoms with van der Waals surface area (Å²) in [6, 6.07) is 11.4. The van der Waals surface area contributed by atoms with Crippen LogP contribution in [0.2, 0.25) is 0 Å². The second kappa shape index (κ2) is 6.97. The van der Waals surface area contributed by atoms with Crippen molar-refractivity contribution in [1.29, 1.82) is 0 Å². The maximum absolute atomic E-state index is 12.5. The lowest BCUT2D eigenvalue weighted by atomic mass is 10.2. The number of hydrogen-bond acceptors (Lipinski definition) is 3. The van der Waals surface area contributed by atoms with Crippen LogP contribution in [-0.2, 0) is 13.1 Å². The monoisotopic (exact) mass is 384 g/mol. The summed E-state index contributed by atoms with van der Waals surface area (Å²) in [5, 5.41) is 0. The topological polar surface area (TPSA) is 51.0 Å². The zero-order chi connectivity index (χ0) is 17.1. The summed E-state index contributed by atoms with van der Waals surface area (Å²) in [4.78, 5) is 22.8. The van der Waals surface area contributed by atoms with Gasteiger partial charge in [-0.15, -0.1) is 0 Å². The van der Waals surface area contributed by atoms with E-state index in [0.717, 1.165) is 21.3 Å². The maximum atomic E-state index is 12.5. The molecule has 0 saturated heterocycles. The molecule has 2 heterocycles. The van der Waals surface area contributed by atoms with Gasteiger partial charge in [0.1, 0.15) is 5.82 Å². The van der Waals surface area contributed by atoms with Crippen LogP contribution in [-0.4, -0.2) is 32.4 Å². The van der Waals surface area contributed by atoms with E-state index in [1.54, 1.807) is 36.5 Å². The van der Waals surface area contributed by atoms with Gasteiger partial charge in [0.2, 0.25) is 0 Å². The number of imidazole rings is 1. The van der Waals surface area contributed by atoms with Crippen LogP contribution < -0.4 is 0 Å². The Bertz CT molecular complexity index is 888. The van der Waals surface area contributed by atoms with E-state index in [1.807, 2.05) is 24.3 Å². The zero-order valence-electron chi connectivity index (χ0n) is 13.3. The van der Waals surface area contributed by atoms with Gasteiger partial charge in [0.15, 0.2) is 0 Å². The van der Waals surface area contributed by atoms with Crippen LogP contribution >= 0.6 is 15.9 Å². The number of amides is 1. The van der Waals surface area contributed by atoms with E-state index in [0.29, 0.717) is 18.7 Å². The lowest BCUT2D eigenvalue weighted by molar-refractivity contribution is 0.0780. The van der Waals surface area contributed by atoms with Crippen molar-refractivity contribution in [3.63, 3.8) is 0 Å². The van der Waals surface area contributed by atoms with Crippen molar-refractivity contribution >= 4 is 32.9 Å². The molecule has 0 unspecified atom stereocenters. The highest BCUT2D eigenvalue weighted by molar-refractivity contribution is 9.11. The Morgan fingerprint density at radius 2 is 2.08 bits per heavy atom. The molecule has 0 atom stereocenters. The van der Waals surface area contributed by atoms with E-state index in [2.05, 4.69) is 37.0 Å². The largest absolute Gasteiger partial charge is 0.334 e. The molecule has 3 aromatic rings. The number of pyridine rings is 1. The van der Waals surface area contributed by atoms with Crippen LogP contribution in [0, 0.1) is 0 Å². The highest BCUT2D eigenvalue weighted by Gasteiger charge is 2.17. The number of fused-ring (bicyclic) bond motifs is 1. The van der Waals surface area contributed by atoms with Gasteiger partial charge in [0.25, 0.3) is 5.91 Å². The molecule has 2 aromatic heterocycles. The smallest absolute Gasteiger partial charge is 0.255 e. The average Bonchev–Trinajstić information content (AvgIpc) is 2.92. The van der Waals surface area contributed by atoms with Crippen LogP contribution in [0.3, 0.4) is 0 Å². The Morgan fingerprint density at radius 1 is 1.29 bits per heavy atom. The van der Waals surface area contributed by atoms with Gasteiger partial charge >= 0.3 is 0 Å². The summed E-state index contributed by atoms with van der Waals surface area (Å²) in [5.74, 6) is 0.732. The number of rotatable bonds is 5. The molecule has 0 aliphatic carbocycles. The van der Waals surface area contributed by atoms with Gasteiger partial charge in [-0.25, -0.2) is 4.98 Å². The third kappa shape index (κ3) is 3.38. The minimum Gasteiger partial charge on any atom is -0.334 e. The van der Waals surface area contributed by atoms with E-state index in [-0.39, 0.29) is 5.91 Å². The van der Waals surface area contributed by atoms with Crippen molar-refractivity contribution in [3.8, 4) is 0 Å². The Balaban J connectivity index is 1.91. The molecule has 3 rings (SSSR count). The number of aromatic nitrogens is 3. The molecule has 6 heteroatoms. The molecule has 0 aliphatic heterocycles. The van der Waals surface area contributed by atoms with Crippen LogP contribution in [0.25, 0.3) is 11.0 Å². The Morgan fingerprint density at radius 3 is 2.79 bits per heavy atom. The number of para-hydroxylation sites is 2. The van der Waals surface area contributed by atoms with Crippen LogP contribution in [0.4, 0.5) is 0 Å². The number of hydrogen-bond donors (Lipinski definition) is 0. The number of allylic oxidation sites excluding steroid dienone is 1. The van der Waals surface area contributed by atoms with E-state index in [9.17, 15) is 4.79 Å². The SMILES string of the molecule is C=C(Br)Cn1c(CN(C)C(=O)c2cccnc2)nc2ccccc21. The molecule has 0 aliphatic rings. The Kier molecular flexibility index (Phi) is 4.76. The number of nitrogens with zero attached hydrogens (tertiary/aromatic N) is 4. The van der Waals surface area contributed by atoms with Crippen molar-refractivity contribution in [2.45, 2.75) is 13.1 Å². The lowest BCUT2D eigenvalue weighted by Crippen LogP contribution is -2.27. The summed E-state index contributed by atoms with van der Waals surface area (Å²) >= 11 is 3.42. The molecule has 5 nitrogen and oxygen atoms in total. The summed E-state index contributed by atoms with van der Waals surface area (Å²) in [5.41, 5.74) is 2.49. The van der Waals surface area contributed by atoms with Crippen molar-refractivity contribution in [2.75, 3.05) is 7.05 Å². The summed E-state index contributed by atoms with van der Waals surface area (Å²) in [6.07, 6.45) is 3.22. The van der Waals surface area contributed by atoms with Crippen molar-refractivity contribution < 1.29 is 4.79 Å². The molecule has 0 N–H and O–H groups in total. The fourth-order valence-corrected chi connectivity index (χ4v) is 2.84. The van der Waals surface area contributed by atoms with Crippen molar-refractivity contribution in [3.05, 3.63) is 71.2 Å². The Hall–Kier alpha value is -2.47. The molecule has 1 amide bonds. The normalized spacial score (nSPS) is 10.8. The fourth-order valence-electron chi connectivity index (χ4n) is 2.59. The number of benzene rings is 1. The third-order valence-corrected chi connectivity index (χ3v) is 3.95. The van der Waals surface area contributed by atoms with Crippen molar-refractivity contribution in [1.82, 2.24) is 19.4 Å². The molecule has 0 radical (unpaired) electrons. The molecule has 122 valence electrons. The van der Waals surface area contributed by atoms with Gasteiger partial charge in [-0.3, -0.25) is 9.78 Å². The first kappa shape index (κ1) is 16.4. The van der Waals surface area contributed by atoms with Gasteiger partial charge in [-0.1, -0.05) is 34.6 Å². The second-order valence-electron chi connectivity index (χ2n) is 5.52. The standard InChI is InChI=1S/C18H17BrN4O/c1-13(19)11-23-16-8-4-3-7-15(16)21-17(23)12-22(2)18(24)14-6-5-9-20-10-14/h3-10H,1,11-12H2,2H3. The minimum atomic E-state index is -0.0839. The second-order valence-corrected chi connectivity index (χ2v) is 6.64. The van der Waals surface area contributed by atoms with Gasteiger partial charge < -0.3 is 9.47 Å². The maximum Gasteiger partial charge on any atom is 0.255 e. The van der Waals surface area contributed by atoms with Crippen molar-refractivity contribution in [2.24, 2.45) is 0 Å². The number of carbonyl (C=O) groups is 1. The molecular formula is C18H17BrN4O. The molecule has 0 spiro atoms. The minimum absolute atomic E-state index is 0.0839. The summed E-state index contributed by atoms with van der Waals surface area (Å²) < 4.78 is 2.92. The van der Waals surface area contributed by atoms with E-state index < -0.39 is 0 Å². The highest BCUT2D eigenvalue weighted by Crippen LogP contribution is 2.20. The fraction of sp³-hybridized carbons (Fsp3) is 0.167. The third-order valence-electron chi connectivity index (χ3n) is 3.70. The van der Waals surface area contributed by atoms with Gasteiger partial charge in [-0.2, -0.15) is 0 Å². The molecular weight excluding hydrogens is 368 g/mol. The number of carbonyl (C=O) groups excluding carboxylic acids is 1. The molecule has 1 aromatic carbocycles. The molecule has 0 saturated carbocycles. The van der Waals surface area contributed by atoms with Crippen LogP contribution in [0.15, 0.2) is 59.9 Å². The van der Waals surface area contributed by atoms with E-state index in [4.69, 9.17) is 0 Å². The molecule has 0 bridgehead atoms. The first-order valence-corrected chi connectivity index (χ1v) is 8.28. The van der Waals surface area contributed by atoms with Crippen LogP contribution in [0.1, 0.15) is 16.2 Å². The predicted octanol–water partition coefficient (Wildman–Crippen LogP) is 3.61. The zero-order valence-corrected chi connectivity index (χ0v) is 14.9. The first-order valence-electron chi connectivity index (χ1n) is 7.49. The van der Waals surface area contributed by atoms with E-state index in [1.165, 1.54) is 0 Å². The van der Waals surface area contributed by atoms with Gasteiger partial charge in [0.05, 0.1) is 29.7 Å². The van der Waals surface area contributed by atoms with Gasteiger partial charge in [0, 0.05) is 23.9 Å². The quantitative estimate of drug-likeness (QED) is 0.674. The van der Waals surface area contributed by atoms with E-state index >= 15 is 0 Å². The average molecular weight is 385 g/mol. The first-order chi connectivity index (χ1) is 11.6. The number of halogens is 1. The van der Waals surface area contributed by atoms with Crippen LogP contribution in [0.5, 0.6) is 0 Å². The highest BCUT2D eigenvalue weighted by atomic mass is 79.9. The predicted molar refractivity (Wildman–Crippen MR) is 97.8 cm³/mol.